The van der Waals surface area contributed by atoms with Crippen LogP contribution in [0.15, 0.2) is 11.9 Å². The number of nitriles is 1. The molecule has 5 heteroatoms. The van der Waals surface area contributed by atoms with Gasteiger partial charge in [-0.2, -0.15) is 5.26 Å². The third-order valence-electron chi connectivity index (χ3n) is 6.66. The number of unbranched alkanes of at least 4 members (excludes halogenated alkanes) is 19. The highest BCUT2D eigenvalue weighted by molar-refractivity contribution is 7.58. The summed E-state index contributed by atoms with van der Waals surface area (Å²) in [5.74, 6) is 0. The van der Waals surface area contributed by atoms with E-state index in [-0.39, 0.29) is 0 Å². The number of nitrogens with zero attached hydrogens (tertiary/aromatic N) is 1. The van der Waals surface area contributed by atoms with E-state index >= 15 is 0 Å². The summed E-state index contributed by atoms with van der Waals surface area (Å²) in [4.78, 5) is 0. The van der Waals surface area contributed by atoms with Gasteiger partial charge in [-0.15, -0.1) is 0 Å². The van der Waals surface area contributed by atoms with E-state index in [2.05, 4.69) is 26.5 Å². The summed E-state index contributed by atoms with van der Waals surface area (Å²) < 4.78 is 25.1. The van der Waals surface area contributed by atoms with Gasteiger partial charge in [0, 0.05) is 11.7 Å². The molecular formula is C30H58NO3P. The summed E-state index contributed by atoms with van der Waals surface area (Å²) in [5, 5.41) is 9.34. The maximum Gasteiger partial charge on any atom is 0.356 e. The Balaban J connectivity index is 4.07. The van der Waals surface area contributed by atoms with Gasteiger partial charge in [-0.1, -0.05) is 136 Å². The quantitative estimate of drug-likeness (QED) is 0.0774. The van der Waals surface area contributed by atoms with Crippen LogP contribution in [0.5, 0.6) is 0 Å². The Labute approximate surface area is 219 Å². The maximum absolute atomic E-state index is 13.4. The lowest BCUT2D eigenvalue weighted by Crippen LogP contribution is -2.02. The second-order valence-electron chi connectivity index (χ2n) is 10.1. The van der Waals surface area contributed by atoms with Crippen molar-refractivity contribution in [1.29, 1.82) is 5.26 Å². The monoisotopic (exact) mass is 511 g/mol. The van der Waals surface area contributed by atoms with Crippen LogP contribution in [0.1, 0.15) is 162 Å². The third kappa shape index (κ3) is 22.3. The average Bonchev–Trinajstić information content (AvgIpc) is 2.86. The minimum atomic E-state index is -3.31. The van der Waals surface area contributed by atoms with Gasteiger partial charge in [0.05, 0.1) is 19.3 Å². The lowest BCUT2D eigenvalue weighted by molar-refractivity contribution is 0.202. The molecule has 0 atom stereocenters. The molecule has 0 aliphatic rings. The van der Waals surface area contributed by atoms with E-state index in [0.29, 0.717) is 37.8 Å². The van der Waals surface area contributed by atoms with E-state index in [0.717, 1.165) is 25.7 Å². The van der Waals surface area contributed by atoms with Gasteiger partial charge in [-0.3, -0.25) is 4.57 Å². The molecule has 35 heavy (non-hydrogen) atoms. The van der Waals surface area contributed by atoms with Crippen molar-refractivity contribution in [2.45, 2.75) is 162 Å². The van der Waals surface area contributed by atoms with Gasteiger partial charge in [0.1, 0.15) is 0 Å². The molecular weight excluding hydrogens is 453 g/mol. The first-order valence-electron chi connectivity index (χ1n) is 15.0. The predicted octanol–water partition coefficient (Wildman–Crippen LogP) is 11.3. The van der Waals surface area contributed by atoms with Gasteiger partial charge in [-0.25, -0.2) is 0 Å². The predicted molar refractivity (Wildman–Crippen MR) is 152 cm³/mol. The summed E-state index contributed by atoms with van der Waals surface area (Å²) in [7, 11) is -3.31. The zero-order valence-electron chi connectivity index (χ0n) is 23.5. The highest BCUT2D eigenvalue weighted by Gasteiger charge is 2.28. The molecule has 0 aromatic carbocycles. The molecule has 0 rings (SSSR count). The lowest BCUT2D eigenvalue weighted by Gasteiger charge is -2.20. The molecule has 0 amide bonds. The molecule has 0 N–H and O–H groups in total. The van der Waals surface area contributed by atoms with Gasteiger partial charge >= 0.3 is 7.60 Å². The first-order valence-corrected chi connectivity index (χ1v) is 16.6. The topological polar surface area (TPSA) is 59.3 Å². The van der Waals surface area contributed by atoms with Crippen molar-refractivity contribution < 1.29 is 13.6 Å². The van der Waals surface area contributed by atoms with E-state index in [1.165, 1.54) is 103 Å². The second-order valence-corrected chi connectivity index (χ2v) is 12.2. The Hall–Kier alpha value is -0.620. The second kappa shape index (κ2) is 26.4. The molecule has 0 aromatic rings. The fourth-order valence-corrected chi connectivity index (χ4v) is 5.89. The van der Waals surface area contributed by atoms with Gasteiger partial charge in [0.25, 0.3) is 0 Å². The Morgan fingerprint density at radius 2 is 0.971 bits per heavy atom. The normalized spacial score (nSPS) is 11.6. The van der Waals surface area contributed by atoms with Crippen LogP contribution in [-0.2, 0) is 13.6 Å². The molecule has 0 radical (unpaired) electrons. The van der Waals surface area contributed by atoms with Crippen LogP contribution in [0.3, 0.4) is 0 Å². The minimum absolute atomic E-state index is 0.440. The van der Waals surface area contributed by atoms with Crippen LogP contribution in [0, 0.1) is 11.3 Å². The maximum atomic E-state index is 13.4. The first kappa shape index (κ1) is 34.4. The third-order valence-corrected chi connectivity index (χ3v) is 8.70. The molecule has 0 heterocycles. The molecule has 0 aromatic heterocycles. The number of allylic oxidation sites excluding steroid dienone is 1. The Morgan fingerprint density at radius 3 is 1.31 bits per heavy atom. The van der Waals surface area contributed by atoms with E-state index in [1.807, 2.05) is 0 Å². The van der Waals surface area contributed by atoms with Gasteiger partial charge < -0.3 is 9.05 Å². The fraction of sp³-hybridized carbons (Fsp3) is 0.900. The summed E-state index contributed by atoms with van der Waals surface area (Å²) in [5.41, 5.74) is 0. The molecule has 0 saturated heterocycles. The zero-order chi connectivity index (χ0) is 25.9. The van der Waals surface area contributed by atoms with Crippen molar-refractivity contribution in [2.24, 2.45) is 0 Å². The zero-order valence-corrected chi connectivity index (χ0v) is 24.4. The Kier molecular flexibility index (Phi) is 26.0. The highest BCUT2D eigenvalue weighted by Crippen LogP contribution is 2.57. The van der Waals surface area contributed by atoms with E-state index in [4.69, 9.17) is 14.3 Å². The van der Waals surface area contributed by atoms with Crippen LogP contribution in [0.4, 0.5) is 0 Å². The molecule has 4 nitrogen and oxygen atoms in total. The van der Waals surface area contributed by atoms with Crippen LogP contribution < -0.4 is 0 Å². The highest BCUT2D eigenvalue weighted by atomic mass is 31.2. The molecule has 206 valence electrons. The molecule has 0 spiro atoms. The van der Waals surface area contributed by atoms with E-state index in [9.17, 15) is 4.57 Å². The van der Waals surface area contributed by atoms with Crippen molar-refractivity contribution in [3.05, 3.63) is 11.9 Å². The SMILES string of the molecule is C=C(CCCC#N)P(=O)(OCCCCCCCCCCCC)OCCCCCCCCCCCC. The van der Waals surface area contributed by atoms with E-state index < -0.39 is 7.60 Å². The smallest absolute Gasteiger partial charge is 0.305 e. The minimum Gasteiger partial charge on any atom is -0.305 e. The lowest BCUT2D eigenvalue weighted by atomic mass is 10.1. The van der Waals surface area contributed by atoms with Crippen LogP contribution >= 0.6 is 7.60 Å². The summed E-state index contributed by atoms with van der Waals surface area (Å²) >= 11 is 0. The summed E-state index contributed by atoms with van der Waals surface area (Å²) in [6, 6.07) is 2.14. The molecule has 0 fully saturated rings. The van der Waals surface area contributed by atoms with Crippen molar-refractivity contribution in [3.8, 4) is 6.07 Å². The standard InChI is InChI=1S/C30H58NO3P/c1-4-6-8-10-12-14-16-18-20-24-28-33-35(32,30(3)26-22-23-27-31)34-29-25-21-19-17-15-13-11-9-7-5-2/h3-26,28-29H2,1-2H3. The first-order chi connectivity index (χ1) is 17.1. The van der Waals surface area contributed by atoms with Gasteiger partial charge in [-0.05, 0) is 25.7 Å². The molecule has 0 bridgehead atoms. The molecule has 0 unspecified atom stereocenters. The van der Waals surface area contributed by atoms with Crippen molar-refractivity contribution in [1.82, 2.24) is 0 Å². The summed E-state index contributed by atoms with van der Waals surface area (Å²) in [6.07, 6.45) is 26.8. The molecule has 0 saturated carbocycles. The van der Waals surface area contributed by atoms with Crippen LogP contribution in [0.2, 0.25) is 0 Å². The van der Waals surface area contributed by atoms with Crippen molar-refractivity contribution >= 4 is 7.60 Å². The van der Waals surface area contributed by atoms with Crippen molar-refractivity contribution in [3.63, 3.8) is 0 Å². The molecule has 0 aliphatic heterocycles. The van der Waals surface area contributed by atoms with Crippen molar-refractivity contribution in [2.75, 3.05) is 13.2 Å². The average molecular weight is 512 g/mol. The Morgan fingerprint density at radius 1 is 0.629 bits per heavy atom. The molecule has 0 aliphatic carbocycles. The van der Waals surface area contributed by atoms with Crippen LogP contribution in [0.25, 0.3) is 0 Å². The van der Waals surface area contributed by atoms with Gasteiger partial charge in [0.2, 0.25) is 0 Å². The Bertz CT molecular complexity index is 528. The van der Waals surface area contributed by atoms with E-state index in [1.54, 1.807) is 0 Å². The fourth-order valence-electron chi connectivity index (χ4n) is 4.28. The number of rotatable bonds is 28. The van der Waals surface area contributed by atoms with Gasteiger partial charge in [0.15, 0.2) is 0 Å². The number of hydrogen-bond acceptors (Lipinski definition) is 4. The largest absolute Gasteiger partial charge is 0.356 e. The summed E-state index contributed by atoms with van der Waals surface area (Å²) in [6.45, 7) is 9.45. The number of hydrogen-bond donors (Lipinski definition) is 0. The van der Waals surface area contributed by atoms with Crippen LogP contribution in [-0.4, -0.2) is 13.2 Å².